The van der Waals surface area contributed by atoms with Crippen molar-refractivity contribution in [3.63, 3.8) is 0 Å². The van der Waals surface area contributed by atoms with Crippen molar-refractivity contribution in [3.8, 4) is 5.75 Å². The Bertz CT molecular complexity index is 870. The highest BCUT2D eigenvalue weighted by Gasteiger charge is 2.36. The summed E-state index contributed by atoms with van der Waals surface area (Å²) in [4.78, 5) is 26.3. The van der Waals surface area contributed by atoms with Crippen LogP contribution >= 0.6 is 0 Å². The number of halogens is 2. The van der Waals surface area contributed by atoms with E-state index in [2.05, 4.69) is 5.32 Å². The fraction of sp³-hybridized carbons (Fsp3) is 0.263. The third-order valence-corrected chi connectivity index (χ3v) is 4.31. The molecule has 1 saturated heterocycles. The summed E-state index contributed by atoms with van der Waals surface area (Å²) in [5, 5.41) is 2.42. The van der Waals surface area contributed by atoms with E-state index in [1.807, 2.05) is 19.1 Å². The summed E-state index contributed by atoms with van der Waals surface area (Å²) in [5.74, 6) is -2.40. The molecule has 2 aromatic carbocycles. The van der Waals surface area contributed by atoms with Gasteiger partial charge in [0.2, 0.25) is 11.8 Å². The molecule has 1 atom stereocenters. The molecule has 1 unspecified atom stereocenters. The Morgan fingerprint density at radius 1 is 1.23 bits per heavy atom. The van der Waals surface area contributed by atoms with Gasteiger partial charge in [0.05, 0.1) is 24.4 Å². The molecule has 1 aliphatic rings. The van der Waals surface area contributed by atoms with Gasteiger partial charge in [-0.25, -0.2) is 8.78 Å². The van der Waals surface area contributed by atoms with Gasteiger partial charge in [0.15, 0.2) is 0 Å². The van der Waals surface area contributed by atoms with Crippen molar-refractivity contribution < 1.29 is 23.1 Å². The first-order chi connectivity index (χ1) is 12.4. The molecule has 0 aromatic heterocycles. The zero-order valence-electron chi connectivity index (χ0n) is 14.4. The summed E-state index contributed by atoms with van der Waals surface area (Å²) in [7, 11) is 1.51. The molecule has 2 aromatic rings. The number of amides is 2. The third-order valence-electron chi connectivity index (χ3n) is 4.31. The van der Waals surface area contributed by atoms with Gasteiger partial charge in [0.1, 0.15) is 17.4 Å². The monoisotopic (exact) mass is 360 g/mol. The molecule has 7 heteroatoms. The van der Waals surface area contributed by atoms with Crippen molar-refractivity contribution >= 4 is 23.2 Å². The number of benzene rings is 2. The van der Waals surface area contributed by atoms with Crippen LogP contribution in [0.2, 0.25) is 0 Å². The van der Waals surface area contributed by atoms with Crippen molar-refractivity contribution in [1.29, 1.82) is 0 Å². The molecule has 0 saturated carbocycles. The van der Waals surface area contributed by atoms with Crippen LogP contribution in [-0.4, -0.2) is 25.5 Å². The first-order valence-corrected chi connectivity index (χ1v) is 8.10. The maximum atomic E-state index is 13.7. The van der Waals surface area contributed by atoms with Gasteiger partial charge in [-0.15, -0.1) is 0 Å². The Labute approximate surface area is 149 Å². The number of rotatable bonds is 4. The molecule has 0 spiro atoms. The van der Waals surface area contributed by atoms with E-state index in [1.165, 1.54) is 12.0 Å². The smallest absolute Gasteiger partial charge is 0.229 e. The average Bonchev–Trinajstić information content (AvgIpc) is 2.99. The fourth-order valence-electron chi connectivity index (χ4n) is 2.95. The molecule has 136 valence electrons. The van der Waals surface area contributed by atoms with Crippen molar-refractivity contribution in [2.45, 2.75) is 13.3 Å². The van der Waals surface area contributed by atoms with Crippen LogP contribution in [-0.2, 0) is 9.59 Å². The second-order valence-corrected chi connectivity index (χ2v) is 6.19. The van der Waals surface area contributed by atoms with Crippen LogP contribution in [0.15, 0.2) is 36.4 Å². The molecule has 1 aliphatic heterocycles. The predicted molar refractivity (Wildman–Crippen MR) is 93.2 cm³/mol. The van der Waals surface area contributed by atoms with E-state index >= 15 is 0 Å². The molecule has 5 nitrogen and oxygen atoms in total. The minimum Gasteiger partial charge on any atom is -0.495 e. The molecule has 3 rings (SSSR count). The topological polar surface area (TPSA) is 58.6 Å². The summed E-state index contributed by atoms with van der Waals surface area (Å²) in [6, 6.07) is 8.35. The maximum Gasteiger partial charge on any atom is 0.229 e. The highest BCUT2D eigenvalue weighted by atomic mass is 19.1. The number of aryl methyl sites for hydroxylation is 1. The van der Waals surface area contributed by atoms with E-state index in [0.29, 0.717) is 17.5 Å². The van der Waals surface area contributed by atoms with Gasteiger partial charge in [-0.2, -0.15) is 0 Å². The summed E-state index contributed by atoms with van der Waals surface area (Å²) in [6.45, 7) is 2.05. The highest BCUT2D eigenvalue weighted by Crippen LogP contribution is 2.34. The Hall–Kier alpha value is -2.96. The van der Waals surface area contributed by atoms with E-state index in [9.17, 15) is 18.4 Å². The van der Waals surface area contributed by atoms with Gasteiger partial charge in [-0.1, -0.05) is 6.07 Å². The van der Waals surface area contributed by atoms with Crippen LogP contribution in [0.4, 0.5) is 20.2 Å². The SMILES string of the molecule is COc1ccc(C)cc1N1CC(C(=O)Nc2ccc(F)cc2F)CC1=O. The van der Waals surface area contributed by atoms with Crippen molar-refractivity contribution in [3.05, 3.63) is 53.6 Å². The Balaban J connectivity index is 1.77. The zero-order chi connectivity index (χ0) is 18.8. The second kappa shape index (κ2) is 7.11. The van der Waals surface area contributed by atoms with E-state index in [4.69, 9.17) is 4.74 Å². The number of ether oxygens (including phenoxy) is 1. The first-order valence-electron chi connectivity index (χ1n) is 8.10. The normalized spacial score (nSPS) is 16.7. The van der Waals surface area contributed by atoms with Gasteiger partial charge in [-0.05, 0) is 36.8 Å². The summed E-state index contributed by atoms with van der Waals surface area (Å²) in [5.41, 5.74) is 1.44. The Morgan fingerprint density at radius 2 is 2.00 bits per heavy atom. The number of nitrogens with one attached hydrogen (secondary N) is 1. The van der Waals surface area contributed by atoms with Gasteiger partial charge in [0, 0.05) is 19.0 Å². The number of methoxy groups -OCH3 is 1. The van der Waals surface area contributed by atoms with Crippen LogP contribution in [0.3, 0.4) is 0 Å². The second-order valence-electron chi connectivity index (χ2n) is 6.19. The Morgan fingerprint density at radius 3 is 2.69 bits per heavy atom. The molecule has 0 radical (unpaired) electrons. The number of hydrogen-bond acceptors (Lipinski definition) is 3. The average molecular weight is 360 g/mol. The largest absolute Gasteiger partial charge is 0.495 e. The lowest BCUT2D eigenvalue weighted by Gasteiger charge is -2.20. The summed E-state index contributed by atoms with van der Waals surface area (Å²) in [6.07, 6.45) is 0.00570. The standard InChI is InChI=1S/C19H18F2N2O3/c1-11-3-6-17(26-2)16(7-11)23-10-12(8-18(23)24)19(25)22-15-5-4-13(20)9-14(15)21/h3-7,9,12H,8,10H2,1-2H3,(H,22,25). The van der Waals surface area contributed by atoms with Crippen LogP contribution in [0.1, 0.15) is 12.0 Å². The van der Waals surface area contributed by atoms with Gasteiger partial charge in [-0.3, -0.25) is 9.59 Å². The Kier molecular flexibility index (Phi) is 4.88. The molecule has 1 fully saturated rings. The van der Waals surface area contributed by atoms with Crippen LogP contribution in [0.5, 0.6) is 5.75 Å². The van der Waals surface area contributed by atoms with Gasteiger partial charge >= 0.3 is 0 Å². The van der Waals surface area contributed by atoms with Crippen molar-refractivity contribution in [1.82, 2.24) is 0 Å². The molecular weight excluding hydrogens is 342 g/mol. The minimum atomic E-state index is -0.861. The van der Waals surface area contributed by atoms with E-state index in [-0.39, 0.29) is 24.6 Å². The number of anilines is 2. The lowest BCUT2D eigenvalue weighted by Crippen LogP contribution is -2.28. The molecule has 0 bridgehead atoms. The van der Waals surface area contributed by atoms with Crippen LogP contribution in [0.25, 0.3) is 0 Å². The van der Waals surface area contributed by atoms with Crippen molar-refractivity contribution in [2.24, 2.45) is 5.92 Å². The lowest BCUT2D eigenvalue weighted by atomic mass is 10.1. The predicted octanol–water partition coefficient (Wildman–Crippen LogP) is 3.27. The molecule has 0 aliphatic carbocycles. The quantitative estimate of drug-likeness (QED) is 0.910. The highest BCUT2D eigenvalue weighted by molar-refractivity contribution is 6.04. The van der Waals surface area contributed by atoms with Gasteiger partial charge in [0.25, 0.3) is 0 Å². The number of carbonyl (C=O) groups excluding carboxylic acids is 2. The number of nitrogens with zero attached hydrogens (tertiary/aromatic N) is 1. The first kappa shape index (κ1) is 17.8. The van der Waals surface area contributed by atoms with E-state index in [1.54, 1.807) is 6.07 Å². The molecule has 1 heterocycles. The fourth-order valence-corrected chi connectivity index (χ4v) is 2.95. The molecule has 2 amide bonds. The van der Waals surface area contributed by atoms with E-state index in [0.717, 1.165) is 17.7 Å². The number of carbonyl (C=O) groups is 2. The molecule has 26 heavy (non-hydrogen) atoms. The minimum absolute atomic E-state index is 0.00570. The van der Waals surface area contributed by atoms with Gasteiger partial charge < -0.3 is 15.0 Å². The lowest BCUT2D eigenvalue weighted by molar-refractivity contribution is -0.122. The van der Waals surface area contributed by atoms with Crippen molar-refractivity contribution in [2.75, 3.05) is 23.9 Å². The maximum absolute atomic E-state index is 13.7. The summed E-state index contributed by atoms with van der Waals surface area (Å²) >= 11 is 0. The summed E-state index contributed by atoms with van der Waals surface area (Å²) < 4.78 is 32.0. The zero-order valence-corrected chi connectivity index (χ0v) is 14.4. The molecule has 1 N–H and O–H groups in total. The van der Waals surface area contributed by atoms with Crippen LogP contribution < -0.4 is 15.0 Å². The molecular formula is C19H18F2N2O3. The third kappa shape index (κ3) is 3.51. The van der Waals surface area contributed by atoms with E-state index < -0.39 is 23.5 Å². The number of hydrogen-bond donors (Lipinski definition) is 1. The van der Waals surface area contributed by atoms with Crippen LogP contribution in [0, 0.1) is 24.5 Å².